The average Bonchev–Trinajstić information content (AvgIpc) is 2.49. The first kappa shape index (κ1) is 17.1. The van der Waals surface area contributed by atoms with E-state index in [0.717, 1.165) is 17.7 Å². The quantitative estimate of drug-likeness (QED) is 0.340. The van der Waals surface area contributed by atoms with Crippen molar-refractivity contribution in [3.8, 4) is 0 Å². The van der Waals surface area contributed by atoms with E-state index in [1.165, 1.54) is 12.1 Å². The number of nitrogens with zero attached hydrogens (tertiary/aromatic N) is 2. The van der Waals surface area contributed by atoms with Crippen molar-refractivity contribution in [3.63, 3.8) is 0 Å². The van der Waals surface area contributed by atoms with Gasteiger partial charge >= 0.3 is 0 Å². The summed E-state index contributed by atoms with van der Waals surface area (Å²) in [4.78, 5) is 6.36. The molecule has 0 aliphatic heterocycles. The van der Waals surface area contributed by atoms with Crippen molar-refractivity contribution in [2.45, 2.75) is 26.3 Å². The monoisotopic (exact) mass is 289 g/mol. The molecule has 1 rings (SSSR count). The van der Waals surface area contributed by atoms with Gasteiger partial charge in [-0.05, 0) is 37.1 Å². The summed E-state index contributed by atoms with van der Waals surface area (Å²) in [5, 5.41) is 3.36. The first-order valence-corrected chi connectivity index (χ1v) is 7.11. The van der Waals surface area contributed by atoms with Crippen LogP contribution >= 0.6 is 0 Å². The molecule has 114 valence electrons. The van der Waals surface area contributed by atoms with E-state index in [0.29, 0.717) is 6.67 Å². The summed E-state index contributed by atoms with van der Waals surface area (Å²) >= 11 is 0. The van der Waals surface area contributed by atoms with Gasteiger partial charge in [0, 0.05) is 18.8 Å². The Morgan fingerprint density at radius 3 is 2.67 bits per heavy atom. The van der Waals surface area contributed by atoms with Crippen LogP contribution < -0.4 is 5.32 Å². The lowest BCUT2D eigenvalue weighted by molar-refractivity contribution is 0.419. The molecule has 4 heteroatoms. The third-order valence-corrected chi connectivity index (χ3v) is 3.11. The second-order valence-corrected chi connectivity index (χ2v) is 4.88. The highest BCUT2D eigenvalue weighted by atomic mass is 19.1. The molecular weight excluding hydrogens is 265 g/mol. The predicted octanol–water partition coefficient (Wildman–Crippen LogP) is 3.87. The number of allylic oxidation sites excluding steroid dienone is 3. The number of hydrogen-bond donors (Lipinski definition) is 1. The van der Waals surface area contributed by atoms with Gasteiger partial charge in [-0.15, -0.1) is 0 Å². The van der Waals surface area contributed by atoms with Gasteiger partial charge in [0.15, 0.2) is 0 Å². The Balaban J connectivity index is 2.47. The largest absolute Gasteiger partial charge is 0.353 e. The van der Waals surface area contributed by atoms with Crippen molar-refractivity contribution in [3.05, 3.63) is 60.1 Å². The van der Waals surface area contributed by atoms with E-state index in [9.17, 15) is 4.39 Å². The molecule has 0 radical (unpaired) electrons. The first-order valence-electron chi connectivity index (χ1n) is 7.11. The SMILES string of the molecule is C=C/C=C(CC)/N=C\N(C)CNC(C)c1ccc(F)cc1. The molecule has 0 saturated heterocycles. The van der Waals surface area contributed by atoms with Gasteiger partial charge in [0.2, 0.25) is 0 Å². The Morgan fingerprint density at radius 1 is 1.43 bits per heavy atom. The molecule has 21 heavy (non-hydrogen) atoms. The summed E-state index contributed by atoms with van der Waals surface area (Å²) in [6.45, 7) is 8.44. The van der Waals surface area contributed by atoms with Crippen molar-refractivity contribution in [1.29, 1.82) is 0 Å². The molecule has 3 nitrogen and oxygen atoms in total. The third-order valence-electron chi connectivity index (χ3n) is 3.11. The molecule has 1 N–H and O–H groups in total. The highest BCUT2D eigenvalue weighted by Crippen LogP contribution is 2.12. The van der Waals surface area contributed by atoms with Crippen LogP contribution in [0.5, 0.6) is 0 Å². The molecule has 1 atom stereocenters. The molecule has 0 saturated carbocycles. The molecule has 1 aromatic rings. The van der Waals surface area contributed by atoms with Crippen LogP contribution in [0.1, 0.15) is 31.9 Å². The van der Waals surface area contributed by atoms with Crippen LogP contribution in [-0.2, 0) is 0 Å². The fraction of sp³-hybridized carbons (Fsp3) is 0.353. The lowest BCUT2D eigenvalue weighted by Crippen LogP contribution is -2.32. The van der Waals surface area contributed by atoms with Gasteiger partial charge in [0.05, 0.1) is 13.0 Å². The highest BCUT2D eigenvalue weighted by molar-refractivity contribution is 5.56. The third kappa shape index (κ3) is 6.36. The zero-order chi connectivity index (χ0) is 15.7. The van der Waals surface area contributed by atoms with Gasteiger partial charge < -0.3 is 4.90 Å². The molecule has 1 aromatic carbocycles. The summed E-state index contributed by atoms with van der Waals surface area (Å²) < 4.78 is 12.9. The maximum atomic E-state index is 12.9. The summed E-state index contributed by atoms with van der Waals surface area (Å²) in [7, 11) is 1.95. The fourth-order valence-corrected chi connectivity index (χ4v) is 1.75. The van der Waals surface area contributed by atoms with Crippen LogP contribution in [0.15, 0.2) is 53.7 Å². The average molecular weight is 289 g/mol. The van der Waals surface area contributed by atoms with Gasteiger partial charge in [-0.1, -0.05) is 31.7 Å². The smallest absolute Gasteiger partial charge is 0.123 e. The summed E-state index contributed by atoms with van der Waals surface area (Å²) in [5.41, 5.74) is 2.05. The molecular formula is C17H24FN3. The van der Waals surface area contributed by atoms with Crippen molar-refractivity contribution in [2.75, 3.05) is 13.7 Å². The number of rotatable bonds is 8. The number of aliphatic imine (C=N–C) groups is 1. The Morgan fingerprint density at radius 2 is 2.10 bits per heavy atom. The van der Waals surface area contributed by atoms with E-state index in [2.05, 4.69) is 23.8 Å². The van der Waals surface area contributed by atoms with E-state index in [-0.39, 0.29) is 11.9 Å². The van der Waals surface area contributed by atoms with Gasteiger partial charge in [0.25, 0.3) is 0 Å². The molecule has 0 aromatic heterocycles. The van der Waals surface area contributed by atoms with Crippen LogP contribution in [-0.4, -0.2) is 25.0 Å². The summed E-state index contributed by atoms with van der Waals surface area (Å²) in [6.07, 6.45) is 6.31. The maximum absolute atomic E-state index is 12.9. The van der Waals surface area contributed by atoms with Crippen LogP contribution in [0.4, 0.5) is 4.39 Å². The standard InChI is InChI=1S/C17H24FN3/c1-5-7-17(6-2)20-13-21(4)12-19-14(3)15-8-10-16(18)11-9-15/h5,7-11,13-14,19H,1,6,12H2,2-4H3/b17-7+,20-13-. The van der Waals surface area contributed by atoms with E-state index < -0.39 is 0 Å². The molecule has 0 amide bonds. The topological polar surface area (TPSA) is 27.6 Å². The summed E-state index contributed by atoms with van der Waals surface area (Å²) in [6, 6.07) is 6.70. The Bertz CT molecular complexity index is 491. The number of halogens is 1. The second-order valence-electron chi connectivity index (χ2n) is 4.88. The van der Waals surface area contributed by atoms with Crippen LogP contribution in [0.2, 0.25) is 0 Å². The normalized spacial score (nSPS) is 13.4. The van der Waals surface area contributed by atoms with Crippen LogP contribution in [0, 0.1) is 5.82 Å². The number of hydrogen-bond acceptors (Lipinski definition) is 2. The van der Waals surface area contributed by atoms with E-state index in [4.69, 9.17) is 0 Å². The minimum absolute atomic E-state index is 0.149. The van der Waals surface area contributed by atoms with Crippen molar-refractivity contribution >= 4 is 6.34 Å². The zero-order valence-corrected chi connectivity index (χ0v) is 13.0. The molecule has 1 unspecified atom stereocenters. The van der Waals surface area contributed by atoms with E-state index >= 15 is 0 Å². The first-order chi connectivity index (χ1) is 10.1. The Hall–Kier alpha value is -1.94. The van der Waals surface area contributed by atoms with Gasteiger partial charge in [0.1, 0.15) is 5.82 Å². The van der Waals surface area contributed by atoms with E-state index in [1.807, 2.05) is 24.9 Å². The number of nitrogens with one attached hydrogen (secondary N) is 1. The minimum atomic E-state index is -0.212. The molecule has 0 aliphatic carbocycles. The second kappa shape index (κ2) is 9.08. The van der Waals surface area contributed by atoms with Gasteiger partial charge in [-0.3, -0.25) is 5.32 Å². The Labute approximate surface area is 126 Å². The predicted molar refractivity (Wildman–Crippen MR) is 87.6 cm³/mol. The summed E-state index contributed by atoms with van der Waals surface area (Å²) in [5.74, 6) is -0.212. The number of benzene rings is 1. The molecule has 0 bridgehead atoms. The lowest BCUT2D eigenvalue weighted by atomic mass is 10.1. The molecule has 0 aliphatic rings. The fourth-order valence-electron chi connectivity index (χ4n) is 1.75. The van der Waals surface area contributed by atoms with Crippen LogP contribution in [0.25, 0.3) is 0 Å². The van der Waals surface area contributed by atoms with Crippen molar-refractivity contribution in [2.24, 2.45) is 4.99 Å². The van der Waals surface area contributed by atoms with E-state index in [1.54, 1.807) is 24.5 Å². The minimum Gasteiger partial charge on any atom is -0.353 e. The zero-order valence-electron chi connectivity index (χ0n) is 13.0. The molecule has 0 spiro atoms. The van der Waals surface area contributed by atoms with Gasteiger partial charge in [-0.2, -0.15) is 0 Å². The molecule has 0 fully saturated rings. The Kier molecular flexibility index (Phi) is 7.40. The van der Waals surface area contributed by atoms with Crippen molar-refractivity contribution < 1.29 is 4.39 Å². The maximum Gasteiger partial charge on any atom is 0.123 e. The molecule has 0 heterocycles. The highest BCUT2D eigenvalue weighted by Gasteiger charge is 2.05. The van der Waals surface area contributed by atoms with Crippen molar-refractivity contribution in [1.82, 2.24) is 10.2 Å². The van der Waals surface area contributed by atoms with Crippen LogP contribution in [0.3, 0.4) is 0 Å². The van der Waals surface area contributed by atoms with Gasteiger partial charge in [-0.25, -0.2) is 9.38 Å². The lowest BCUT2D eigenvalue weighted by Gasteiger charge is -2.19.